The monoisotopic (exact) mass is 857 g/mol. The van der Waals surface area contributed by atoms with Gasteiger partial charge in [-0.2, -0.15) is 26.3 Å². The highest BCUT2D eigenvalue weighted by atomic mass is 127. The van der Waals surface area contributed by atoms with E-state index in [1.807, 2.05) is 13.8 Å². The smallest absolute Gasteiger partial charge is 0.383 e. The molecule has 1 amide bonds. The van der Waals surface area contributed by atoms with Crippen molar-refractivity contribution >= 4 is 69.4 Å². The molecule has 2 aromatic carbocycles. The average molecular weight is 858 g/mol. The molecule has 0 fully saturated rings. The van der Waals surface area contributed by atoms with Crippen LogP contribution in [0.1, 0.15) is 58.7 Å². The Hall–Kier alpha value is -3.69. The number of nitrogens with two attached hydrogens (primary N) is 2. The molecule has 4 rings (SSSR count). The predicted octanol–water partition coefficient (Wildman–Crippen LogP) is 8.17. The number of nitrogens with zero attached hydrogens (tertiary/aromatic N) is 5. The highest BCUT2D eigenvalue weighted by Gasteiger charge is 2.35. The summed E-state index contributed by atoms with van der Waals surface area (Å²) in [4.78, 5) is 44.7. The van der Waals surface area contributed by atoms with Crippen LogP contribution in [0.2, 0.25) is 0 Å². The van der Waals surface area contributed by atoms with Crippen LogP contribution >= 0.6 is 46.1 Å². The van der Waals surface area contributed by atoms with Crippen molar-refractivity contribution in [3.63, 3.8) is 0 Å². The van der Waals surface area contributed by atoms with Crippen molar-refractivity contribution in [3.05, 3.63) is 92.3 Å². The number of amides is 1. The molecule has 10 nitrogen and oxygen atoms in total. The Labute approximate surface area is 307 Å². The Morgan fingerprint density at radius 1 is 0.780 bits per heavy atom. The minimum atomic E-state index is -4.63. The second-order valence-corrected chi connectivity index (χ2v) is 12.7. The van der Waals surface area contributed by atoms with Gasteiger partial charge in [-0.1, -0.05) is 75.1 Å². The number of ketones is 1. The molecule has 0 saturated carbocycles. The number of anilines is 2. The second kappa shape index (κ2) is 20.2. The van der Waals surface area contributed by atoms with E-state index in [9.17, 15) is 35.9 Å². The molecule has 0 unspecified atom stereocenters. The summed E-state index contributed by atoms with van der Waals surface area (Å²) >= 11 is 4.45. The molecule has 19 heteroatoms. The van der Waals surface area contributed by atoms with Crippen LogP contribution in [0.25, 0.3) is 0 Å². The lowest BCUT2D eigenvalue weighted by molar-refractivity contribution is -0.138. The number of benzene rings is 2. The highest BCUT2D eigenvalue weighted by Crippen LogP contribution is 2.34. The molecule has 0 spiro atoms. The van der Waals surface area contributed by atoms with Gasteiger partial charge in [-0.05, 0) is 52.3 Å². The van der Waals surface area contributed by atoms with Crippen molar-refractivity contribution in [1.29, 1.82) is 0 Å². The summed E-state index contributed by atoms with van der Waals surface area (Å²) in [5.41, 5.74) is 9.41. The van der Waals surface area contributed by atoms with Gasteiger partial charge in [0, 0.05) is 28.6 Å². The number of hydrogen-bond donors (Lipinski definition) is 2. The molecule has 50 heavy (non-hydrogen) atoms. The van der Waals surface area contributed by atoms with E-state index in [0.29, 0.717) is 16.1 Å². The normalized spacial score (nSPS) is 10.9. The van der Waals surface area contributed by atoms with Gasteiger partial charge in [0.25, 0.3) is 5.91 Å². The maximum Gasteiger partial charge on any atom is 0.417 e. The number of hydrogen-bond acceptors (Lipinski definition) is 11. The maximum absolute atomic E-state index is 13.0. The van der Waals surface area contributed by atoms with E-state index in [4.69, 9.17) is 16.3 Å². The maximum atomic E-state index is 13.0. The Balaban J connectivity index is 0.000000394. The summed E-state index contributed by atoms with van der Waals surface area (Å²) in [6.45, 7) is 3.88. The third-order valence-corrected chi connectivity index (χ3v) is 8.26. The largest absolute Gasteiger partial charge is 0.417 e. The van der Waals surface area contributed by atoms with Crippen molar-refractivity contribution in [2.45, 2.75) is 43.9 Å². The lowest BCUT2D eigenvalue weighted by Crippen LogP contribution is -2.26. The molecule has 2 heterocycles. The van der Waals surface area contributed by atoms with E-state index in [0.717, 1.165) is 35.2 Å². The Bertz CT molecular complexity index is 1730. The van der Waals surface area contributed by atoms with Crippen molar-refractivity contribution in [2.75, 3.05) is 37.1 Å². The highest BCUT2D eigenvalue weighted by molar-refractivity contribution is 14.1. The molecule has 0 saturated heterocycles. The number of carbonyl (C=O) groups excluding carboxylic acids is 2. The number of nitrogen functional groups attached to an aromatic ring is 2. The number of thioether (sulfide) groups is 2. The molecule has 0 radical (unpaired) electrons. The van der Waals surface area contributed by atoms with Gasteiger partial charge in [-0.3, -0.25) is 14.4 Å². The molecular weight excluding hydrogens is 823 g/mol. The molecule has 0 aliphatic carbocycles. The first-order valence-electron chi connectivity index (χ1n) is 13.8. The molecular formula is C31H34F6IN7O3S2. The summed E-state index contributed by atoms with van der Waals surface area (Å²) in [6.07, 6.45) is -6.27. The SMILES string of the molecule is C.CCSc1ncc(C(=O)N(C)OC)c(N)n1.CCSc1ncc(C(=O)c2ccccc2C(F)(F)F)c(N)n1.FC(F)(F)c1ccccc1I. The zero-order chi connectivity index (χ0) is 36.9. The van der Waals surface area contributed by atoms with E-state index < -0.39 is 34.8 Å². The molecule has 0 aliphatic heterocycles. The number of alkyl halides is 6. The van der Waals surface area contributed by atoms with Crippen molar-refractivity contribution < 1.29 is 40.8 Å². The quantitative estimate of drug-likeness (QED) is 0.0441. The topological polar surface area (TPSA) is 150 Å². The summed E-state index contributed by atoms with van der Waals surface area (Å²) in [6, 6.07) is 10.0. The third kappa shape index (κ3) is 12.9. The fourth-order valence-corrected chi connectivity index (χ4v) is 5.30. The van der Waals surface area contributed by atoms with E-state index in [-0.39, 0.29) is 39.7 Å². The Morgan fingerprint density at radius 3 is 1.62 bits per heavy atom. The minimum Gasteiger partial charge on any atom is -0.383 e. The number of hydroxylamine groups is 2. The van der Waals surface area contributed by atoms with Crippen LogP contribution in [-0.4, -0.2) is 62.4 Å². The molecule has 4 N–H and O–H groups in total. The lowest BCUT2D eigenvalue weighted by atomic mass is 9.99. The average Bonchev–Trinajstić information content (AvgIpc) is 3.04. The predicted molar refractivity (Wildman–Crippen MR) is 191 cm³/mol. The molecule has 0 aliphatic rings. The zero-order valence-corrected chi connectivity index (χ0v) is 30.1. The summed E-state index contributed by atoms with van der Waals surface area (Å²) in [7, 11) is 2.90. The summed E-state index contributed by atoms with van der Waals surface area (Å²) < 4.78 is 75.3. The van der Waals surface area contributed by atoms with Crippen molar-refractivity contribution in [1.82, 2.24) is 25.0 Å². The van der Waals surface area contributed by atoms with E-state index >= 15 is 0 Å². The molecule has 0 atom stereocenters. The van der Waals surface area contributed by atoms with Crippen LogP contribution in [0.3, 0.4) is 0 Å². The summed E-state index contributed by atoms with van der Waals surface area (Å²) in [5.74, 6) is 0.383. The Morgan fingerprint density at radius 2 is 1.22 bits per heavy atom. The van der Waals surface area contributed by atoms with Crippen molar-refractivity contribution in [3.8, 4) is 0 Å². The zero-order valence-electron chi connectivity index (χ0n) is 26.3. The fraction of sp³-hybridized carbons (Fsp3) is 0.290. The van der Waals surface area contributed by atoms with Gasteiger partial charge in [0.1, 0.15) is 17.2 Å². The molecule has 272 valence electrons. The van der Waals surface area contributed by atoms with Crippen LogP contribution in [0, 0.1) is 3.57 Å². The van der Waals surface area contributed by atoms with Gasteiger partial charge in [0.05, 0.1) is 23.8 Å². The number of aromatic nitrogens is 4. The van der Waals surface area contributed by atoms with Gasteiger partial charge in [0.2, 0.25) is 0 Å². The molecule has 0 bridgehead atoms. The van der Waals surface area contributed by atoms with Gasteiger partial charge < -0.3 is 11.5 Å². The van der Waals surface area contributed by atoms with Crippen LogP contribution in [0.4, 0.5) is 38.0 Å². The number of halogens is 7. The van der Waals surface area contributed by atoms with Crippen LogP contribution in [0.5, 0.6) is 0 Å². The van der Waals surface area contributed by atoms with E-state index in [1.54, 1.807) is 28.7 Å². The van der Waals surface area contributed by atoms with Crippen molar-refractivity contribution in [2.24, 2.45) is 0 Å². The Kier molecular flexibility index (Phi) is 17.9. The van der Waals surface area contributed by atoms with E-state index in [2.05, 4.69) is 19.9 Å². The van der Waals surface area contributed by atoms with Gasteiger partial charge in [-0.25, -0.2) is 25.0 Å². The molecule has 4 aromatic rings. The first kappa shape index (κ1) is 44.3. The number of rotatable bonds is 8. The first-order chi connectivity index (χ1) is 23.0. The van der Waals surface area contributed by atoms with Gasteiger partial charge in [-0.15, -0.1) is 0 Å². The molecule has 2 aromatic heterocycles. The standard InChI is InChI=1S/C14H12F3N3OS.C9H14N4O2S.C7H4F3I.CH4/c1-2-22-13-19-7-9(12(18)20-13)11(21)8-5-3-4-6-10(8)14(15,16)17;1-4-16-9-11-5-6(7(10)12-9)8(14)13(2)15-3;8-7(9,10)5-3-1-2-4-6(5)11;/h3-7H,2H2,1H3,(H2,18,19,20);5H,4H2,1-3H3,(H2,10,11,12);1-4H;1H4. The first-order valence-corrected chi connectivity index (χ1v) is 16.9. The minimum absolute atomic E-state index is 0. The second-order valence-electron chi connectivity index (χ2n) is 9.10. The van der Waals surface area contributed by atoms with Crippen LogP contribution in [0.15, 0.2) is 71.2 Å². The number of carbonyl (C=O) groups is 2. The van der Waals surface area contributed by atoms with Gasteiger partial charge in [0.15, 0.2) is 16.1 Å². The fourth-order valence-electron chi connectivity index (χ4n) is 3.51. The summed E-state index contributed by atoms with van der Waals surface area (Å²) in [5, 5.41) is 2.01. The van der Waals surface area contributed by atoms with E-state index in [1.165, 1.54) is 68.1 Å². The lowest BCUT2D eigenvalue weighted by Gasteiger charge is -2.14. The third-order valence-electron chi connectivity index (χ3n) is 5.83. The van der Waals surface area contributed by atoms with Gasteiger partial charge >= 0.3 is 12.4 Å². The van der Waals surface area contributed by atoms with Crippen LogP contribution in [-0.2, 0) is 17.2 Å². The van der Waals surface area contributed by atoms with Crippen LogP contribution < -0.4 is 11.5 Å².